The number of rotatable bonds is 4. The molecular formula is C15H29P4+3. The second-order valence-corrected chi connectivity index (χ2v) is 24.6. The molecule has 0 amide bonds. The van der Waals surface area contributed by atoms with Gasteiger partial charge in [-0.15, -0.1) is 0 Å². The van der Waals surface area contributed by atoms with Crippen molar-refractivity contribution in [3.05, 3.63) is 30.3 Å². The lowest BCUT2D eigenvalue weighted by atomic mass is 10.4. The molecule has 4 heteroatoms. The lowest BCUT2D eigenvalue weighted by Gasteiger charge is -2.22. The molecule has 1 heterocycles. The van der Waals surface area contributed by atoms with Gasteiger partial charge in [-0.1, -0.05) is 18.2 Å². The van der Waals surface area contributed by atoms with Crippen LogP contribution in [-0.4, -0.2) is 57.2 Å². The second kappa shape index (κ2) is 5.98. The lowest BCUT2D eigenvalue weighted by Crippen LogP contribution is -2.18. The predicted octanol–water partition coefficient (Wildman–Crippen LogP) is 4.65. The van der Waals surface area contributed by atoms with Gasteiger partial charge < -0.3 is 0 Å². The first-order chi connectivity index (χ1) is 8.73. The van der Waals surface area contributed by atoms with Crippen LogP contribution in [0, 0.1) is 0 Å². The highest BCUT2D eigenvalue weighted by molar-refractivity contribution is 8.24. The van der Waals surface area contributed by atoms with E-state index in [0.717, 1.165) is 0 Å². The molecule has 2 atom stereocenters. The summed E-state index contributed by atoms with van der Waals surface area (Å²) in [6, 6.07) is 11.5. The zero-order valence-corrected chi connectivity index (χ0v) is 16.7. The highest BCUT2D eigenvalue weighted by Gasteiger charge is 2.56. The van der Waals surface area contributed by atoms with Gasteiger partial charge in [-0.25, -0.2) is 0 Å². The van der Waals surface area contributed by atoms with Gasteiger partial charge in [-0.05, 0) is 12.1 Å². The Morgan fingerprint density at radius 1 is 1.11 bits per heavy atom. The summed E-state index contributed by atoms with van der Waals surface area (Å²) < 4.78 is 0. The Balaban J connectivity index is 2.25. The summed E-state index contributed by atoms with van der Waals surface area (Å²) in [7, 11) is 1.69. The summed E-state index contributed by atoms with van der Waals surface area (Å²) >= 11 is 0. The van der Waals surface area contributed by atoms with Crippen LogP contribution in [-0.2, 0) is 0 Å². The van der Waals surface area contributed by atoms with E-state index in [0.29, 0.717) is 0 Å². The number of hydrogen-bond donors (Lipinski definition) is 0. The minimum atomic E-state index is -0.853. The topological polar surface area (TPSA) is 0 Å². The normalized spacial score (nSPS) is 26.6. The SMILES string of the molecule is C[P+](C)(P)CC[P+]1(c2ccccc2)CC[P+](C)(C)C1. The molecule has 19 heavy (non-hydrogen) atoms. The molecule has 1 aliphatic rings. The Morgan fingerprint density at radius 3 is 2.21 bits per heavy atom. The van der Waals surface area contributed by atoms with E-state index in [1.165, 1.54) is 24.6 Å². The fraction of sp³-hybridized carbons (Fsp3) is 0.600. The van der Waals surface area contributed by atoms with Crippen LogP contribution in [0.3, 0.4) is 0 Å². The molecule has 0 radical (unpaired) electrons. The van der Waals surface area contributed by atoms with Gasteiger partial charge in [0, 0.05) is 23.1 Å². The Bertz CT molecular complexity index is 422. The van der Waals surface area contributed by atoms with Gasteiger partial charge >= 0.3 is 0 Å². The van der Waals surface area contributed by atoms with Crippen molar-refractivity contribution in [1.82, 2.24) is 0 Å². The third-order valence-electron chi connectivity index (χ3n) is 4.20. The molecule has 0 aromatic heterocycles. The predicted molar refractivity (Wildman–Crippen MR) is 105 cm³/mol. The van der Waals surface area contributed by atoms with E-state index < -0.39 is 21.5 Å². The summed E-state index contributed by atoms with van der Waals surface area (Å²) in [5.41, 5.74) is 0. The van der Waals surface area contributed by atoms with Crippen molar-refractivity contribution in [3.63, 3.8) is 0 Å². The monoisotopic (exact) mass is 333 g/mol. The minimum absolute atomic E-state index is 0.607. The fourth-order valence-electron chi connectivity index (χ4n) is 3.05. The minimum Gasteiger partial charge on any atom is -0.0620 e. The van der Waals surface area contributed by atoms with Gasteiger partial charge in [0.15, 0.2) is 5.90 Å². The Morgan fingerprint density at radius 2 is 1.74 bits per heavy atom. The van der Waals surface area contributed by atoms with E-state index in [1.54, 1.807) is 11.2 Å². The van der Waals surface area contributed by atoms with Crippen LogP contribution >= 0.6 is 30.4 Å². The lowest BCUT2D eigenvalue weighted by molar-refractivity contribution is 1.41. The van der Waals surface area contributed by atoms with Crippen LogP contribution in [0.15, 0.2) is 30.3 Å². The van der Waals surface area contributed by atoms with Crippen molar-refractivity contribution >= 4 is 35.7 Å². The summed E-state index contributed by atoms with van der Waals surface area (Å²) in [6.07, 6.45) is 6.03. The summed E-state index contributed by atoms with van der Waals surface area (Å²) in [5, 5.41) is 1.72. The van der Waals surface area contributed by atoms with Gasteiger partial charge in [0.2, 0.25) is 0 Å². The average Bonchev–Trinajstić information content (AvgIpc) is 2.64. The molecule has 1 aromatic carbocycles. The summed E-state index contributed by atoms with van der Waals surface area (Å²) in [5.74, 6) is 1.58. The van der Waals surface area contributed by atoms with Crippen molar-refractivity contribution in [2.24, 2.45) is 0 Å². The maximum atomic E-state index is 3.15. The molecular weight excluding hydrogens is 304 g/mol. The molecule has 0 nitrogen and oxygen atoms in total. The molecule has 0 aliphatic carbocycles. The molecule has 2 unspecified atom stereocenters. The van der Waals surface area contributed by atoms with Gasteiger partial charge in [0.05, 0.1) is 51.6 Å². The van der Waals surface area contributed by atoms with Crippen molar-refractivity contribution in [3.8, 4) is 0 Å². The van der Waals surface area contributed by atoms with E-state index in [-0.39, 0.29) is 0 Å². The van der Waals surface area contributed by atoms with E-state index in [1.807, 2.05) is 0 Å². The van der Waals surface area contributed by atoms with E-state index >= 15 is 0 Å². The van der Waals surface area contributed by atoms with Crippen molar-refractivity contribution in [1.29, 1.82) is 0 Å². The van der Waals surface area contributed by atoms with Crippen LogP contribution in [0.4, 0.5) is 0 Å². The highest BCUT2D eigenvalue weighted by Crippen LogP contribution is 2.78. The van der Waals surface area contributed by atoms with E-state index in [2.05, 4.69) is 65.9 Å². The van der Waals surface area contributed by atoms with Crippen LogP contribution in [0.5, 0.6) is 0 Å². The smallest absolute Gasteiger partial charge is 0.0620 e. The molecule has 1 aromatic rings. The first kappa shape index (κ1) is 16.3. The van der Waals surface area contributed by atoms with Crippen molar-refractivity contribution in [2.75, 3.05) is 57.2 Å². The first-order valence-corrected chi connectivity index (χ1v) is 17.0. The summed E-state index contributed by atoms with van der Waals surface area (Å²) in [6.45, 7) is 9.38. The van der Waals surface area contributed by atoms with Gasteiger partial charge in [0.25, 0.3) is 0 Å². The maximum absolute atomic E-state index is 3.15. The molecule has 106 valence electrons. The quantitative estimate of drug-likeness (QED) is 0.704. The largest absolute Gasteiger partial charge is 0.164 e. The van der Waals surface area contributed by atoms with Crippen molar-refractivity contribution in [2.45, 2.75) is 0 Å². The van der Waals surface area contributed by atoms with Crippen LogP contribution in [0.2, 0.25) is 0 Å². The van der Waals surface area contributed by atoms with Gasteiger partial charge in [0.1, 0.15) is 12.3 Å². The Hall–Kier alpha value is 0.940. The Labute approximate surface area is 123 Å². The molecule has 1 fully saturated rings. The second-order valence-electron chi connectivity index (χ2n) is 7.23. The highest BCUT2D eigenvalue weighted by atomic mass is 32.1. The first-order valence-electron chi connectivity index (χ1n) is 7.08. The van der Waals surface area contributed by atoms with Crippen LogP contribution in [0.25, 0.3) is 0 Å². The molecule has 0 bridgehead atoms. The zero-order chi connectivity index (χ0) is 14.1. The number of hydrogen-bond acceptors (Lipinski definition) is 0. The zero-order valence-electron chi connectivity index (χ0n) is 12.8. The third-order valence-corrected chi connectivity index (χ3v) is 17.3. The molecule has 1 saturated heterocycles. The van der Waals surface area contributed by atoms with Gasteiger partial charge in [-0.3, -0.25) is 0 Å². The van der Waals surface area contributed by atoms with E-state index in [9.17, 15) is 0 Å². The summed E-state index contributed by atoms with van der Waals surface area (Å²) in [4.78, 5) is 0. The molecule has 0 saturated carbocycles. The molecule has 0 spiro atoms. The van der Waals surface area contributed by atoms with Crippen LogP contribution < -0.4 is 5.30 Å². The average molecular weight is 333 g/mol. The standard InChI is InChI=1S/C15H29P4/c1-17(2)10-12-19(14-17,13-11-18(3,4)16)15-8-6-5-7-9-15/h5-9H,10-14,16H2,1-4H3/q+3. The van der Waals surface area contributed by atoms with E-state index in [4.69, 9.17) is 0 Å². The van der Waals surface area contributed by atoms with Crippen LogP contribution in [0.1, 0.15) is 0 Å². The van der Waals surface area contributed by atoms with Crippen molar-refractivity contribution < 1.29 is 0 Å². The Kier molecular flexibility index (Phi) is 5.13. The van der Waals surface area contributed by atoms with Gasteiger partial charge in [-0.2, -0.15) is 0 Å². The molecule has 2 rings (SSSR count). The third kappa shape index (κ3) is 4.45. The number of benzene rings is 1. The fourth-order valence-corrected chi connectivity index (χ4v) is 21.1. The maximum Gasteiger partial charge on any atom is 0.164 e. The molecule has 1 aliphatic heterocycles. The molecule has 0 N–H and O–H groups in total.